The number of halogens is 5. The first-order chi connectivity index (χ1) is 8.79. The van der Waals surface area contributed by atoms with Crippen molar-refractivity contribution in [3.05, 3.63) is 51.5 Å². The van der Waals surface area contributed by atoms with Crippen molar-refractivity contribution in [3.63, 3.8) is 0 Å². The van der Waals surface area contributed by atoms with Gasteiger partial charge in [-0.25, -0.2) is 13.8 Å². The first-order valence-electron chi connectivity index (χ1n) is 5.02. The summed E-state index contributed by atoms with van der Waals surface area (Å²) in [7, 11) is 0. The van der Waals surface area contributed by atoms with Gasteiger partial charge in [0, 0.05) is 16.6 Å². The maximum absolute atomic E-state index is 13.5. The summed E-state index contributed by atoms with van der Waals surface area (Å²) in [5.74, 6) is -1.50. The number of nitrogens with zero attached hydrogens (tertiary/aromatic N) is 1. The Balaban J connectivity index is 2.36. The second kappa shape index (κ2) is 4.86. The van der Waals surface area contributed by atoms with Crippen molar-refractivity contribution in [2.75, 3.05) is 0 Å². The standard InChI is InChI=1S/C11H7F5N2S/c12-5-1-2-7(13)6(3-5)9(17)8-4-18-10(19-8)11(14,15)16/h1-4,9H,17H2. The molecule has 1 atom stereocenters. The van der Waals surface area contributed by atoms with Crippen molar-refractivity contribution in [2.45, 2.75) is 12.2 Å². The van der Waals surface area contributed by atoms with Crippen molar-refractivity contribution < 1.29 is 22.0 Å². The minimum Gasteiger partial charge on any atom is -0.319 e. The minimum absolute atomic E-state index is 0.0109. The van der Waals surface area contributed by atoms with Gasteiger partial charge in [0.2, 0.25) is 0 Å². The summed E-state index contributed by atoms with van der Waals surface area (Å²) in [5.41, 5.74) is 5.43. The highest BCUT2D eigenvalue weighted by atomic mass is 32.1. The Morgan fingerprint density at radius 1 is 1.21 bits per heavy atom. The van der Waals surface area contributed by atoms with Crippen LogP contribution in [0.4, 0.5) is 22.0 Å². The molecule has 0 fully saturated rings. The summed E-state index contributed by atoms with van der Waals surface area (Å²) in [6.07, 6.45) is -3.66. The summed E-state index contributed by atoms with van der Waals surface area (Å²) in [6.45, 7) is 0. The molecule has 2 aromatic rings. The van der Waals surface area contributed by atoms with Crippen LogP contribution in [0.3, 0.4) is 0 Å². The first kappa shape index (κ1) is 13.9. The molecule has 1 aromatic carbocycles. The molecule has 0 radical (unpaired) electrons. The number of thiazole rings is 1. The van der Waals surface area contributed by atoms with E-state index in [9.17, 15) is 22.0 Å². The molecule has 19 heavy (non-hydrogen) atoms. The van der Waals surface area contributed by atoms with E-state index in [0.29, 0.717) is 11.3 Å². The van der Waals surface area contributed by atoms with Gasteiger partial charge in [-0.05, 0) is 18.2 Å². The Morgan fingerprint density at radius 3 is 2.47 bits per heavy atom. The molecule has 1 heterocycles. The quantitative estimate of drug-likeness (QED) is 0.861. The van der Waals surface area contributed by atoms with E-state index in [1.54, 1.807) is 0 Å². The molecule has 0 aliphatic carbocycles. The molecule has 2 rings (SSSR count). The molecule has 2 nitrogen and oxygen atoms in total. The van der Waals surface area contributed by atoms with Crippen LogP contribution < -0.4 is 5.73 Å². The van der Waals surface area contributed by atoms with Crippen molar-refractivity contribution in [1.29, 1.82) is 0 Å². The van der Waals surface area contributed by atoms with Gasteiger partial charge in [-0.1, -0.05) is 0 Å². The minimum atomic E-state index is -4.58. The van der Waals surface area contributed by atoms with Crippen molar-refractivity contribution in [1.82, 2.24) is 4.98 Å². The third-order valence-electron chi connectivity index (χ3n) is 2.37. The second-order valence-corrected chi connectivity index (χ2v) is 4.77. The van der Waals surface area contributed by atoms with Crippen LogP contribution >= 0.6 is 11.3 Å². The van der Waals surface area contributed by atoms with Gasteiger partial charge < -0.3 is 5.73 Å². The molecule has 0 bridgehead atoms. The van der Waals surface area contributed by atoms with Gasteiger partial charge in [0.05, 0.1) is 6.04 Å². The predicted molar refractivity (Wildman–Crippen MR) is 59.5 cm³/mol. The lowest BCUT2D eigenvalue weighted by Crippen LogP contribution is -2.12. The van der Waals surface area contributed by atoms with E-state index < -0.39 is 28.9 Å². The van der Waals surface area contributed by atoms with Crippen LogP contribution in [0.5, 0.6) is 0 Å². The molecule has 0 spiro atoms. The average Bonchev–Trinajstić information content (AvgIpc) is 2.80. The largest absolute Gasteiger partial charge is 0.443 e. The van der Waals surface area contributed by atoms with Gasteiger partial charge >= 0.3 is 6.18 Å². The lowest BCUT2D eigenvalue weighted by molar-refractivity contribution is -0.137. The van der Waals surface area contributed by atoms with E-state index in [0.717, 1.165) is 24.4 Å². The van der Waals surface area contributed by atoms with Crippen LogP contribution in [0.2, 0.25) is 0 Å². The number of aromatic nitrogens is 1. The van der Waals surface area contributed by atoms with Gasteiger partial charge in [-0.2, -0.15) is 13.2 Å². The average molecular weight is 294 g/mol. The fraction of sp³-hybridized carbons (Fsp3) is 0.182. The number of benzene rings is 1. The molecular weight excluding hydrogens is 287 g/mol. The van der Waals surface area contributed by atoms with Gasteiger partial charge in [0.25, 0.3) is 0 Å². The zero-order valence-corrected chi connectivity index (χ0v) is 10.0. The summed E-state index contributed by atoms with van der Waals surface area (Å²) >= 11 is 0.307. The summed E-state index contributed by atoms with van der Waals surface area (Å²) < 4.78 is 63.6. The van der Waals surface area contributed by atoms with Crippen molar-refractivity contribution in [3.8, 4) is 0 Å². The zero-order chi connectivity index (χ0) is 14.2. The van der Waals surface area contributed by atoms with Gasteiger partial charge in [-0.15, -0.1) is 11.3 Å². The summed E-state index contributed by atoms with van der Waals surface area (Å²) in [5, 5.41) is -1.07. The summed E-state index contributed by atoms with van der Waals surface area (Å²) in [4.78, 5) is 3.19. The van der Waals surface area contributed by atoms with Crippen molar-refractivity contribution in [2.24, 2.45) is 5.73 Å². The number of rotatable bonds is 2. The molecule has 102 valence electrons. The molecule has 0 amide bonds. The molecule has 1 aromatic heterocycles. The lowest BCUT2D eigenvalue weighted by Gasteiger charge is -2.10. The number of alkyl halides is 3. The highest BCUT2D eigenvalue weighted by Crippen LogP contribution is 2.35. The van der Waals surface area contributed by atoms with Crippen LogP contribution in [-0.2, 0) is 6.18 Å². The Morgan fingerprint density at radius 2 is 1.89 bits per heavy atom. The predicted octanol–water partition coefficient (Wildman–Crippen LogP) is 3.49. The Bertz CT molecular complexity index is 593. The van der Waals surface area contributed by atoms with E-state index >= 15 is 0 Å². The maximum Gasteiger partial charge on any atom is 0.443 e. The van der Waals surface area contributed by atoms with Crippen LogP contribution in [-0.4, -0.2) is 4.98 Å². The molecule has 2 N–H and O–H groups in total. The van der Waals surface area contributed by atoms with Gasteiger partial charge in [-0.3, -0.25) is 0 Å². The SMILES string of the molecule is NC(c1cnc(C(F)(F)F)s1)c1cc(F)ccc1F. The number of hydrogen-bond acceptors (Lipinski definition) is 3. The Kier molecular flexibility index (Phi) is 3.55. The Labute approximate surface area is 108 Å². The smallest absolute Gasteiger partial charge is 0.319 e. The van der Waals surface area contributed by atoms with E-state index in [2.05, 4.69) is 4.98 Å². The molecule has 0 saturated heterocycles. The van der Waals surface area contributed by atoms with E-state index in [-0.39, 0.29) is 10.4 Å². The number of nitrogens with two attached hydrogens (primary N) is 1. The Hall–Kier alpha value is -1.54. The van der Waals surface area contributed by atoms with E-state index in [1.165, 1.54) is 0 Å². The highest BCUT2D eigenvalue weighted by molar-refractivity contribution is 7.11. The zero-order valence-electron chi connectivity index (χ0n) is 9.21. The molecule has 0 saturated carbocycles. The topological polar surface area (TPSA) is 38.9 Å². The van der Waals surface area contributed by atoms with E-state index in [1.807, 2.05) is 0 Å². The summed E-state index contributed by atoms with van der Waals surface area (Å²) in [6, 6.07) is 1.44. The molecule has 1 unspecified atom stereocenters. The fourth-order valence-corrected chi connectivity index (χ4v) is 2.27. The van der Waals surface area contributed by atoms with E-state index in [4.69, 9.17) is 5.73 Å². The van der Waals surface area contributed by atoms with Crippen LogP contribution in [0.15, 0.2) is 24.4 Å². The normalized spacial score (nSPS) is 13.6. The lowest BCUT2D eigenvalue weighted by atomic mass is 10.1. The third kappa shape index (κ3) is 2.90. The fourth-order valence-electron chi connectivity index (χ4n) is 1.47. The number of hydrogen-bond donors (Lipinski definition) is 1. The molecule has 0 aliphatic heterocycles. The van der Waals surface area contributed by atoms with Gasteiger partial charge in [0.1, 0.15) is 11.6 Å². The monoisotopic (exact) mass is 294 g/mol. The third-order valence-corrected chi connectivity index (χ3v) is 3.49. The highest BCUT2D eigenvalue weighted by Gasteiger charge is 2.35. The second-order valence-electron chi connectivity index (χ2n) is 3.71. The van der Waals surface area contributed by atoms with Crippen LogP contribution in [0.25, 0.3) is 0 Å². The first-order valence-corrected chi connectivity index (χ1v) is 5.84. The molecule has 8 heteroatoms. The van der Waals surface area contributed by atoms with Crippen molar-refractivity contribution >= 4 is 11.3 Å². The van der Waals surface area contributed by atoms with Crippen LogP contribution in [0.1, 0.15) is 21.5 Å². The maximum atomic E-state index is 13.5. The molecular formula is C11H7F5N2S. The van der Waals surface area contributed by atoms with Crippen LogP contribution in [0, 0.1) is 11.6 Å². The van der Waals surface area contributed by atoms with Gasteiger partial charge in [0.15, 0.2) is 5.01 Å². The molecule has 0 aliphatic rings.